The van der Waals surface area contributed by atoms with Gasteiger partial charge in [-0.3, -0.25) is 4.79 Å². The van der Waals surface area contributed by atoms with E-state index in [-0.39, 0.29) is 5.78 Å². The van der Waals surface area contributed by atoms with Crippen LogP contribution in [0.2, 0.25) is 4.34 Å². The summed E-state index contributed by atoms with van der Waals surface area (Å²) in [6, 6.07) is 0. The standard InChI is InChI=1S/C11H7ClOS2/c12-11-7-2-1-6-3-14-4-8(6)10(13)9(7)5-15-11/h3-5H,1-2H2. The van der Waals surface area contributed by atoms with Crippen LogP contribution < -0.4 is 0 Å². The van der Waals surface area contributed by atoms with Gasteiger partial charge in [-0.1, -0.05) is 11.6 Å². The van der Waals surface area contributed by atoms with E-state index in [1.54, 1.807) is 11.3 Å². The number of halogens is 1. The van der Waals surface area contributed by atoms with Crippen LogP contribution in [0.15, 0.2) is 16.1 Å². The molecule has 2 aromatic rings. The number of fused-ring (bicyclic) bond motifs is 2. The van der Waals surface area contributed by atoms with Gasteiger partial charge in [0.25, 0.3) is 0 Å². The van der Waals surface area contributed by atoms with Gasteiger partial charge in [0, 0.05) is 21.9 Å². The topological polar surface area (TPSA) is 17.1 Å². The molecular weight excluding hydrogens is 248 g/mol. The molecule has 0 spiro atoms. The van der Waals surface area contributed by atoms with Crippen LogP contribution in [-0.2, 0) is 12.8 Å². The summed E-state index contributed by atoms with van der Waals surface area (Å²) in [7, 11) is 0. The summed E-state index contributed by atoms with van der Waals surface area (Å²) in [5, 5.41) is 5.89. The number of carbonyl (C=O) groups is 1. The smallest absolute Gasteiger partial charge is 0.195 e. The molecule has 0 N–H and O–H groups in total. The molecule has 76 valence electrons. The Morgan fingerprint density at radius 2 is 2.00 bits per heavy atom. The van der Waals surface area contributed by atoms with E-state index in [4.69, 9.17) is 11.6 Å². The molecule has 0 amide bonds. The maximum absolute atomic E-state index is 12.2. The molecule has 1 aliphatic carbocycles. The fourth-order valence-electron chi connectivity index (χ4n) is 1.90. The van der Waals surface area contributed by atoms with Crippen molar-refractivity contribution >= 4 is 40.1 Å². The quantitative estimate of drug-likeness (QED) is 0.699. The van der Waals surface area contributed by atoms with Gasteiger partial charge in [0.15, 0.2) is 5.78 Å². The second-order valence-electron chi connectivity index (χ2n) is 3.54. The fraction of sp³-hybridized carbons (Fsp3) is 0.182. The first-order valence-corrected chi connectivity index (χ1v) is 6.83. The first-order chi connectivity index (χ1) is 7.27. The highest BCUT2D eigenvalue weighted by Crippen LogP contribution is 2.34. The molecule has 0 aromatic carbocycles. The minimum absolute atomic E-state index is 0.141. The zero-order valence-corrected chi connectivity index (χ0v) is 10.1. The van der Waals surface area contributed by atoms with Gasteiger partial charge in [0.05, 0.1) is 4.34 Å². The first-order valence-electron chi connectivity index (χ1n) is 4.63. The number of hydrogen-bond acceptors (Lipinski definition) is 3. The van der Waals surface area contributed by atoms with Gasteiger partial charge in [0.2, 0.25) is 0 Å². The third kappa shape index (κ3) is 1.38. The molecule has 0 aliphatic heterocycles. The van der Waals surface area contributed by atoms with Gasteiger partial charge in [-0.25, -0.2) is 0 Å². The number of aryl methyl sites for hydroxylation is 1. The Bertz CT molecular complexity index is 539. The summed E-state index contributed by atoms with van der Waals surface area (Å²) in [5.74, 6) is 0.141. The van der Waals surface area contributed by atoms with E-state index in [0.717, 1.165) is 33.9 Å². The van der Waals surface area contributed by atoms with Crippen molar-refractivity contribution in [2.75, 3.05) is 0 Å². The molecule has 2 heterocycles. The predicted octanol–water partition coefficient (Wildman–Crippen LogP) is 3.79. The van der Waals surface area contributed by atoms with Crippen LogP contribution in [0.3, 0.4) is 0 Å². The SMILES string of the molecule is O=C1c2cscc2CCc2c1csc2Cl. The third-order valence-corrected chi connectivity index (χ3v) is 4.81. The van der Waals surface area contributed by atoms with E-state index >= 15 is 0 Å². The van der Waals surface area contributed by atoms with Crippen LogP contribution in [0, 0.1) is 0 Å². The van der Waals surface area contributed by atoms with E-state index in [9.17, 15) is 4.79 Å². The van der Waals surface area contributed by atoms with E-state index < -0.39 is 0 Å². The number of thiophene rings is 2. The Hall–Kier alpha value is -0.640. The number of carbonyl (C=O) groups excluding carboxylic acids is 1. The van der Waals surface area contributed by atoms with Gasteiger partial charge in [-0.15, -0.1) is 11.3 Å². The normalized spacial score (nSPS) is 14.6. The molecule has 1 aliphatic rings. The van der Waals surface area contributed by atoms with Gasteiger partial charge in [-0.2, -0.15) is 11.3 Å². The van der Waals surface area contributed by atoms with E-state index in [1.807, 2.05) is 10.8 Å². The van der Waals surface area contributed by atoms with Gasteiger partial charge < -0.3 is 0 Å². The Morgan fingerprint density at radius 1 is 1.13 bits per heavy atom. The van der Waals surface area contributed by atoms with Crippen molar-refractivity contribution in [1.29, 1.82) is 0 Å². The van der Waals surface area contributed by atoms with Crippen LogP contribution in [-0.4, -0.2) is 5.78 Å². The molecule has 0 radical (unpaired) electrons. The van der Waals surface area contributed by atoms with Crippen LogP contribution in [0.5, 0.6) is 0 Å². The number of hydrogen-bond donors (Lipinski definition) is 0. The van der Waals surface area contributed by atoms with Crippen molar-refractivity contribution in [3.05, 3.63) is 42.7 Å². The van der Waals surface area contributed by atoms with Gasteiger partial charge >= 0.3 is 0 Å². The Kier molecular flexibility index (Phi) is 2.20. The lowest BCUT2D eigenvalue weighted by Gasteiger charge is -1.96. The molecule has 2 aromatic heterocycles. The Labute approximate surface area is 100 Å². The van der Waals surface area contributed by atoms with Crippen molar-refractivity contribution in [2.24, 2.45) is 0 Å². The average Bonchev–Trinajstić information content (AvgIpc) is 2.78. The number of ketones is 1. The summed E-state index contributed by atoms with van der Waals surface area (Å²) >= 11 is 9.13. The minimum atomic E-state index is 0.141. The zero-order chi connectivity index (χ0) is 10.4. The van der Waals surface area contributed by atoms with Crippen molar-refractivity contribution < 1.29 is 4.79 Å². The molecule has 15 heavy (non-hydrogen) atoms. The zero-order valence-electron chi connectivity index (χ0n) is 7.75. The molecule has 0 unspecified atom stereocenters. The van der Waals surface area contributed by atoms with Crippen LogP contribution >= 0.6 is 34.3 Å². The molecule has 0 saturated carbocycles. The summed E-state index contributed by atoms with van der Waals surface area (Å²) < 4.78 is 0.771. The van der Waals surface area contributed by atoms with Gasteiger partial charge in [-0.05, 0) is 29.3 Å². The van der Waals surface area contributed by atoms with Crippen molar-refractivity contribution in [3.63, 3.8) is 0 Å². The van der Waals surface area contributed by atoms with E-state index in [1.165, 1.54) is 16.9 Å². The number of rotatable bonds is 0. The Balaban J connectivity index is 2.22. The van der Waals surface area contributed by atoms with E-state index in [2.05, 4.69) is 5.38 Å². The molecule has 0 atom stereocenters. The molecule has 0 saturated heterocycles. The van der Waals surface area contributed by atoms with Crippen LogP contribution in [0.25, 0.3) is 0 Å². The van der Waals surface area contributed by atoms with Crippen molar-refractivity contribution in [2.45, 2.75) is 12.8 Å². The molecule has 1 nitrogen and oxygen atoms in total. The lowest BCUT2D eigenvalue weighted by atomic mass is 10.1. The summed E-state index contributed by atoms with van der Waals surface area (Å²) in [6.07, 6.45) is 1.81. The third-order valence-electron chi connectivity index (χ3n) is 2.72. The van der Waals surface area contributed by atoms with Crippen LogP contribution in [0.1, 0.15) is 27.0 Å². The predicted molar refractivity (Wildman–Crippen MR) is 64.5 cm³/mol. The van der Waals surface area contributed by atoms with Crippen molar-refractivity contribution in [1.82, 2.24) is 0 Å². The monoisotopic (exact) mass is 254 g/mol. The summed E-state index contributed by atoms with van der Waals surface area (Å²) in [5.41, 5.74) is 3.88. The van der Waals surface area contributed by atoms with Gasteiger partial charge in [0.1, 0.15) is 0 Å². The molecule has 3 rings (SSSR count). The first kappa shape index (κ1) is 9.58. The maximum atomic E-state index is 12.2. The maximum Gasteiger partial charge on any atom is 0.195 e. The highest BCUT2D eigenvalue weighted by Gasteiger charge is 2.24. The Morgan fingerprint density at radius 3 is 2.87 bits per heavy atom. The minimum Gasteiger partial charge on any atom is -0.289 e. The lowest BCUT2D eigenvalue weighted by molar-refractivity contribution is 0.103. The molecular formula is C11H7ClOS2. The second kappa shape index (κ2) is 3.44. The van der Waals surface area contributed by atoms with E-state index in [0.29, 0.717) is 0 Å². The molecule has 0 bridgehead atoms. The second-order valence-corrected chi connectivity index (χ2v) is 5.77. The lowest BCUT2D eigenvalue weighted by Crippen LogP contribution is -1.99. The summed E-state index contributed by atoms with van der Waals surface area (Å²) in [6.45, 7) is 0. The molecule has 4 heteroatoms. The summed E-state index contributed by atoms with van der Waals surface area (Å²) in [4.78, 5) is 12.2. The molecule has 0 fully saturated rings. The van der Waals surface area contributed by atoms with Crippen LogP contribution in [0.4, 0.5) is 0 Å². The highest BCUT2D eigenvalue weighted by molar-refractivity contribution is 7.15. The van der Waals surface area contributed by atoms with Crippen molar-refractivity contribution in [3.8, 4) is 0 Å². The fourth-order valence-corrected chi connectivity index (χ4v) is 3.93. The highest BCUT2D eigenvalue weighted by atomic mass is 35.5. The average molecular weight is 255 g/mol. The largest absolute Gasteiger partial charge is 0.289 e.